The lowest BCUT2D eigenvalue weighted by Crippen LogP contribution is -1.94. The molecule has 0 radical (unpaired) electrons. The highest BCUT2D eigenvalue weighted by molar-refractivity contribution is 6.17. The molecule has 0 atom stereocenters. The molecule has 0 aliphatic carbocycles. The van der Waals surface area contributed by atoms with Gasteiger partial charge in [-0.1, -0.05) is 5.16 Å². The Morgan fingerprint density at radius 3 is 3.08 bits per heavy atom. The number of aromatic nitrogens is 2. The third-order valence-electron chi connectivity index (χ3n) is 1.25. The third kappa shape index (κ3) is 2.79. The van der Waals surface area contributed by atoms with Crippen LogP contribution in [0.4, 0.5) is 0 Å². The second kappa shape index (κ2) is 5.11. The highest BCUT2D eigenvalue weighted by Crippen LogP contribution is 2.00. The minimum absolute atomic E-state index is 0.405. The number of ether oxygens (including phenoxy) is 1. The molecule has 0 aromatic carbocycles. The summed E-state index contributed by atoms with van der Waals surface area (Å²) in [5.74, 6) is 1.65. The lowest BCUT2D eigenvalue weighted by Gasteiger charge is -1.91. The fourth-order valence-electron chi connectivity index (χ4n) is 0.724. The van der Waals surface area contributed by atoms with Crippen LogP contribution in [0.15, 0.2) is 4.52 Å². The molecular formula is C7H11ClN2O2. The molecule has 0 saturated carbocycles. The van der Waals surface area contributed by atoms with Crippen LogP contribution in [0.3, 0.4) is 0 Å². The molecule has 0 bridgehead atoms. The Morgan fingerprint density at radius 2 is 2.42 bits per heavy atom. The molecular weight excluding hydrogens is 180 g/mol. The molecule has 0 saturated heterocycles. The quantitative estimate of drug-likeness (QED) is 0.659. The average Bonchev–Trinajstić information content (AvgIpc) is 2.50. The van der Waals surface area contributed by atoms with Gasteiger partial charge in [0.1, 0.15) is 6.61 Å². The predicted molar refractivity (Wildman–Crippen MR) is 44.1 cm³/mol. The fourth-order valence-corrected chi connectivity index (χ4v) is 0.886. The first kappa shape index (κ1) is 9.48. The van der Waals surface area contributed by atoms with Gasteiger partial charge in [0.25, 0.3) is 0 Å². The van der Waals surface area contributed by atoms with E-state index in [9.17, 15) is 0 Å². The maximum Gasteiger partial charge on any atom is 0.227 e. The summed E-state index contributed by atoms with van der Waals surface area (Å²) in [4.78, 5) is 4.05. The number of halogens is 1. The number of hydrogen-bond acceptors (Lipinski definition) is 4. The molecule has 0 spiro atoms. The zero-order valence-corrected chi connectivity index (χ0v) is 7.67. The number of hydrogen-bond donors (Lipinski definition) is 0. The van der Waals surface area contributed by atoms with E-state index in [1.807, 2.05) is 6.92 Å². The van der Waals surface area contributed by atoms with Crippen LogP contribution in [-0.4, -0.2) is 22.6 Å². The zero-order valence-electron chi connectivity index (χ0n) is 6.92. The number of nitrogens with zero attached hydrogens (tertiary/aromatic N) is 2. The summed E-state index contributed by atoms with van der Waals surface area (Å²) in [6.07, 6.45) is 0.612. The van der Waals surface area contributed by atoms with Crippen LogP contribution in [0.1, 0.15) is 18.6 Å². The maximum atomic E-state index is 5.49. The summed E-state index contributed by atoms with van der Waals surface area (Å²) in [6, 6.07) is 0. The molecule has 4 nitrogen and oxygen atoms in total. The van der Waals surface area contributed by atoms with Gasteiger partial charge in [0.2, 0.25) is 5.89 Å². The van der Waals surface area contributed by atoms with E-state index < -0.39 is 0 Å². The van der Waals surface area contributed by atoms with Crippen molar-refractivity contribution in [2.45, 2.75) is 20.0 Å². The van der Waals surface area contributed by atoms with Crippen LogP contribution in [0.5, 0.6) is 0 Å². The highest BCUT2D eigenvalue weighted by atomic mass is 35.5. The van der Waals surface area contributed by atoms with Gasteiger partial charge >= 0.3 is 0 Å². The van der Waals surface area contributed by atoms with Gasteiger partial charge in [-0.3, -0.25) is 0 Å². The Balaban J connectivity index is 2.41. The molecule has 1 heterocycles. The Kier molecular flexibility index (Phi) is 4.04. The van der Waals surface area contributed by atoms with Crippen molar-refractivity contribution in [1.29, 1.82) is 0 Å². The molecule has 68 valence electrons. The number of alkyl halides is 1. The average molecular weight is 191 g/mol. The van der Waals surface area contributed by atoms with E-state index in [1.165, 1.54) is 0 Å². The lowest BCUT2D eigenvalue weighted by atomic mass is 10.5. The minimum Gasteiger partial charge on any atom is -0.374 e. The first-order valence-electron chi connectivity index (χ1n) is 3.82. The van der Waals surface area contributed by atoms with Crippen LogP contribution < -0.4 is 0 Å². The summed E-state index contributed by atoms with van der Waals surface area (Å²) in [6.45, 7) is 2.97. The zero-order chi connectivity index (χ0) is 8.81. The Hall–Kier alpha value is -0.610. The van der Waals surface area contributed by atoms with Crippen LogP contribution in [0.2, 0.25) is 0 Å². The molecule has 0 fully saturated rings. The Morgan fingerprint density at radius 1 is 1.58 bits per heavy atom. The van der Waals surface area contributed by atoms with Crippen molar-refractivity contribution in [3.63, 3.8) is 0 Å². The molecule has 12 heavy (non-hydrogen) atoms. The number of rotatable bonds is 5. The third-order valence-corrected chi connectivity index (χ3v) is 1.44. The molecule has 0 amide bonds. The Bertz CT molecular complexity index is 227. The lowest BCUT2D eigenvalue weighted by molar-refractivity contribution is 0.126. The van der Waals surface area contributed by atoms with Crippen LogP contribution >= 0.6 is 11.6 Å². The second-order valence-corrected chi connectivity index (χ2v) is 2.56. The SMILES string of the molecule is CCOCc1noc(CCCl)n1. The van der Waals surface area contributed by atoms with E-state index in [0.717, 1.165) is 0 Å². The van der Waals surface area contributed by atoms with Crippen molar-refractivity contribution in [1.82, 2.24) is 10.1 Å². The predicted octanol–water partition coefficient (Wildman–Crippen LogP) is 1.39. The summed E-state index contributed by atoms with van der Waals surface area (Å²) in [7, 11) is 0. The van der Waals surface area contributed by atoms with E-state index in [1.54, 1.807) is 0 Å². The molecule has 1 aromatic heterocycles. The van der Waals surface area contributed by atoms with E-state index >= 15 is 0 Å². The summed E-state index contributed by atoms with van der Waals surface area (Å²) < 4.78 is 9.97. The molecule has 0 unspecified atom stereocenters. The maximum absolute atomic E-state index is 5.49. The van der Waals surface area contributed by atoms with Crippen LogP contribution in [-0.2, 0) is 17.8 Å². The smallest absolute Gasteiger partial charge is 0.227 e. The molecule has 5 heteroatoms. The van der Waals surface area contributed by atoms with Gasteiger partial charge in [0, 0.05) is 18.9 Å². The van der Waals surface area contributed by atoms with Crippen LogP contribution in [0.25, 0.3) is 0 Å². The topological polar surface area (TPSA) is 48.2 Å². The van der Waals surface area contributed by atoms with E-state index in [2.05, 4.69) is 10.1 Å². The van der Waals surface area contributed by atoms with Crippen LogP contribution in [0, 0.1) is 0 Å². The van der Waals surface area contributed by atoms with Crippen molar-refractivity contribution in [2.75, 3.05) is 12.5 Å². The van der Waals surface area contributed by atoms with Gasteiger partial charge in [-0.25, -0.2) is 0 Å². The summed E-state index contributed by atoms with van der Waals surface area (Å²) >= 11 is 5.49. The molecule has 0 aliphatic rings. The fraction of sp³-hybridized carbons (Fsp3) is 0.714. The van der Waals surface area contributed by atoms with E-state index in [0.29, 0.717) is 37.2 Å². The van der Waals surface area contributed by atoms with Gasteiger partial charge in [-0.15, -0.1) is 11.6 Å². The van der Waals surface area contributed by atoms with Gasteiger partial charge in [0.15, 0.2) is 5.82 Å². The summed E-state index contributed by atoms with van der Waals surface area (Å²) in [5, 5.41) is 3.70. The number of aryl methyl sites for hydroxylation is 1. The van der Waals surface area contributed by atoms with E-state index in [-0.39, 0.29) is 0 Å². The largest absolute Gasteiger partial charge is 0.374 e. The van der Waals surface area contributed by atoms with E-state index in [4.69, 9.17) is 20.9 Å². The van der Waals surface area contributed by atoms with Gasteiger partial charge in [0.05, 0.1) is 0 Å². The molecule has 1 rings (SSSR count). The minimum atomic E-state index is 0.405. The first-order valence-corrected chi connectivity index (χ1v) is 4.35. The molecule has 0 N–H and O–H groups in total. The van der Waals surface area contributed by atoms with Crippen molar-refractivity contribution >= 4 is 11.6 Å². The van der Waals surface area contributed by atoms with Crippen molar-refractivity contribution in [3.8, 4) is 0 Å². The highest BCUT2D eigenvalue weighted by Gasteiger charge is 2.04. The monoisotopic (exact) mass is 190 g/mol. The van der Waals surface area contributed by atoms with Gasteiger partial charge < -0.3 is 9.26 Å². The van der Waals surface area contributed by atoms with Gasteiger partial charge in [-0.05, 0) is 6.92 Å². The molecule has 0 aliphatic heterocycles. The van der Waals surface area contributed by atoms with Gasteiger partial charge in [-0.2, -0.15) is 4.98 Å². The second-order valence-electron chi connectivity index (χ2n) is 2.18. The van der Waals surface area contributed by atoms with Crippen molar-refractivity contribution in [3.05, 3.63) is 11.7 Å². The first-order chi connectivity index (χ1) is 5.86. The normalized spacial score (nSPS) is 10.5. The van der Waals surface area contributed by atoms with Crippen molar-refractivity contribution < 1.29 is 9.26 Å². The standard InChI is InChI=1S/C7H11ClN2O2/c1-2-11-5-6-9-7(3-4-8)12-10-6/h2-5H2,1H3. The summed E-state index contributed by atoms with van der Waals surface area (Å²) in [5.41, 5.74) is 0. The molecule has 1 aromatic rings. The Labute approximate surface area is 75.9 Å². The van der Waals surface area contributed by atoms with Crippen molar-refractivity contribution in [2.24, 2.45) is 0 Å².